The number of hydrogen-bond donors (Lipinski definition) is 2. The summed E-state index contributed by atoms with van der Waals surface area (Å²) in [6, 6.07) is 19.0. The van der Waals surface area contributed by atoms with Crippen LogP contribution in [0.25, 0.3) is 6.08 Å². The Morgan fingerprint density at radius 2 is 1.67 bits per heavy atom. The second-order valence-electron chi connectivity index (χ2n) is 5.09. The maximum atomic E-state index is 12.1. The number of benzene rings is 2. The minimum atomic E-state index is -0.792. The van der Waals surface area contributed by atoms with Crippen molar-refractivity contribution in [1.29, 1.82) is 0 Å². The van der Waals surface area contributed by atoms with E-state index >= 15 is 0 Å². The van der Waals surface area contributed by atoms with E-state index in [-0.39, 0.29) is 12.5 Å². The highest BCUT2D eigenvalue weighted by Crippen LogP contribution is 2.19. The summed E-state index contributed by atoms with van der Waals surface area (Å²) in [5.41, 5.74) is 1.03. The molecule has 0 radical (unpaired) electrons. The summed E-state index contributed by atoms with van der Waals surface area (Å²) < 4.78 is 0. The molecule has 1 amide bonds. The van der Waals surface area contributed by atoms with Crippen LogP contribution in [-0.2, 0) is 10.3 Å². The molecule has 0 aromatic heterocycles. The molecule has 0 spiro atoms. The molecule has 21 heavy (non-hydrogen) atoms. The van der Waals surface area contributed by atoms with Gasteiger partial charge < -0.3 is 10.4 Å². The molecule has 0 aliphatic heterocycles. The first kappa shape index (κ1) is 15.0. The molecule has 0 saturated heterocycles. The van der Waals surface area contributed by atoms with Crippen molar-refractivity contribution < 1.29 is 9.90 Å². The van der Waals surface area contributed by atoms with Crippen LogP contribution in [0.1, 0.15) is 18.1 Å². The van der Waals surface area contributed by atoms with Crippen molar-refractivity contribution in [2.45, 2.75) is 12.5 Å². The van der Waals surface area contributed by atoms with Gasteiger partial charge in [0.1, 0.15) is 0 Å². The molecule has 3 heteroatoms. The fourth-order valence-electron chi connectivity index (χ4n) is 2.06. The summed E-state index contributed by atoms with van der Waals surface area (Å²) in [5.74, 6) is -0.237. The van der Waals surface area contributed by atoms with Gasteiger partial charge in [0.2, 0.25) is 5.91 Å². The van der Waals surface area contributed by atoms with Gasteiger partial charge >= 0.3 is 0 Å². The lowest BCUT2D eigenvalue weighted by Crippen LogP contribution is -2.45. The van der Waals surface area contributed by atoms with Crippen molar-refractivity contribution in [3.8, 4) is 0 Å². The minimum Gasteiger partial charge on any atom is -0.394 e. The lowest BCUT2D eigenvalue weighted by molar-refractivity contribution is -0.118. The molecule has 0 heterocycles. The monoisotopic (exact) mass is 281 g/mol. The molecule has 108 valence electrons. The summed E-state index contributed by atoms with van der Waals surface area (Å²) in [7, 11) is 0. The maximum absolute atomic E-state index is 12.1. The largest absolute Gasteiger partial charge is 0.394 e. The maximum Gasteiger partial charge on any atom is 0.244 e. The molecule has 0 aliphatic rings. The molecule has 0 saturated carbocycles. The number of hydrogen-bond acceptors (Lipinski definition) is 2. The fourth-order valence-corrected chi connectivity index (χ4v) is 2.06. The number of carbonyl (C=O) groups is 1. The van der Waals surface area contributed by atoms with E-state index in [1.807, 2.05) is 60.7 Å². The highest BCUT2D eigenvalue weighted by Gasteiger charge is 2.26. The van der Waals surface area contributed by atoms with Gasteiger partial charge in [-0.1, -0.05) is 60.7 Å². The van der Waals surface area contributed by atoms with Crippen LogP contribution in [0.2, 0.25) is 0 Å². The van der Waals surface area contributed by atoms with Gasteiger partial charge in [0.15, 0.2) is 0 Å². The van der Waals surface area contributed by atoms with Crippen molar-refractivity contribution in [3.05, 3.63) is 77.9 Å². The molecule has 0 bridgehead atoms. The van der Waals surface area contributed by atoms with Crippen molar-refractivity contribution in [2.24, 2.45) is 0 Å². The summed E-state index contributed by atoms with van der Waals surface area (Å²) in [5, 5.41) is 12.5. The van der Waals surface area contributed by atoms with Gasteiger partial charge in [0.05, 0.1) is 12.1 Å². The van der Waals surface area contributed by atoms with Crippen LogP contribution in [0, 0.1) is 0 Å². The van der Waals surface area contributed by atoms with E-state index in [1.54, 1.807) is 13.0 Å². The third kappa shape index (κ3) is 4.04. The molecule has 2 aromatic rings. The molecule has 2 rings (SSSR count). The molecule has 3 nitrogen and oxygen atoms in total. The van der Waals surface area contributed by atoms with E-state index in [9.17, 15) is 9.90 Å². The van der Waals surface area contributed by atoms with Crippen LogP contribution in [-0.4, -0.2) is 17.6 Å². The average Bonchev–Trinajstić information content (AvgIpc) is 2.54. The Morgan fingerprint density at radius 3 is 2.24 bits per heavy atom. The van der Waals surface area contributed by atoms with Crippen molar-refractivity contribution in [3.63, 3.8) is 0 Å². The Labute approximate surface area is 124 Å². The number of rotatable bonds is 5. The Balaban J connectivity index is 2.08. The van der Waals surface area contributed by atoms with Crippen LogP contribution < -0.4 is 5.32 Å². The average molecular weight is 281 g/mol. The Morgan fingerprint density at radius 1 is 1.10 bits per heavy atom. The number of amides is 1. The van der Waals surface area contributed by atoms with E-state index in [0.717, 1.165) is 11.1 Å². The van der Waals surface area contributed by atoms with Crippen molar-refractivity contribution in [1.82, 2.24) is 5.32 Å². The van der Waals surface area contributed by atoms with E-state index in [2.05, 4.69) is 5.32 Å². The highest BCUT2D eigenvalue weighted by molar-refractivity contribution is 5.92. The second kappa shape index (κ2) is 6.86. The van der Waals surface area contributed by atoms with E-state index in [1.165, 1.54) is 6.08 Å². The van der Waals surface area contributed by atoms with Crippen molar-refractivity contribution >= 4 is 12.0 Å². The molecule has 0 aliphatic carbocycles. The summed E-state index contributed by atoms with van der Waals surface area (Å²) in [6.45, 7) is 1.64. The molecule has 1 atom stereocenters. The third-order valence-electron chi connectivity index (χ3n) is 3.35. The van der Waals surface area contributed by atoms with Crippen LogP contribution >= 0.6 is 0 Å². The summed E-state index contributed by atoms with van der Waals surface area (Å²) >= 11 is 0. The Hall–Kier alpha value is -2.39. The molecular formula is C18H19NO2. The van der Waals surface area contributed by atoms with Crippen LogP contribution in [0.15, 0.2) is 66.7 Å². The fraction of sp³-hybridized carbons (Fsp3) is 0.167. The van der Waals surface area contributed by atoms with Crippen LogP contribution in [0.3, 0.4) is 0 Å². The van der Waals surface area contributed by atoms with Crippen molar-refractivity contribution in [2.75, 3.05) is 6.61 Å². The first-order chi connectivity index (χ1) is 10.1. The lowest BCUT2D eigenvalue weighted by Gasteiger charge is -2.28. The van der Waals surface area contributed by atoms with E-state index in [0.29, 0.717) is 0 Å². The van der Waals surface area contributed by atoms with Gasteiger partial charge in [-0.25, -0.2) is 0 Å². The predicted molar refractivity (Wildman–Crippen MR) is 84.5 cm³/mol. The first-order valence-electron chi connectivity index (χ1n) is 6.86. The topological polar surface area (TPSA) is 49.3 Å². The molecule has 2 N–H and O–H groups in total. The summed E-state index contributed by atoms with van der Waals surface area (Å²) in [6.07, 6.45) is 3.23. The van der Waals surface area contributed by atoms with Gasteiger partial charge in [0.25, 0.3) is 0 Å². The lowest BCUT2D eigenvalue weighted by atomic mass is 9.93. The predicted octanol–water partition coefficient (Wildman–Crippen LogP) is 2.72. The van der Waals surface area contributed by atoms with Gasteiger partial charge in [-0.3, -0.25) is 4.79 Å². The number of aliphatic hydroxyl groups is 1. The zero-order valence-electron chi connectivity index (χ0n) is 12.0. The smallest absolute Gasteiger partial charge is 0.244 e. The van der Waals surface area contributed by atoms with Crippen LogP contribution in [0.5, 0.6) is 0 Å². The molecular weight excluding hydrogens is 262 g/mol. The normalized spacial score (nSPS) is 13.8. The van der Waals surface area contributed by atoms with Gasteiger partial charge in [-0.2, -0.15) is 0 Å². The Kier molecular flexibility index (Phi) is 4.90. The van der Waals surface area contributed by atoms with E-state index in [4.69, 9.17) is 0 Å². The zero-order valence-corrected chi connectivity index (χ0v) is 12.0. The van der Waals surface area contributed by atoms with Gasteiger partial charge in [-0.15, -0.1) is 0 Å². The third-order valence-corrected chi connectivity index (χ3v) is 3.35. The van der Waals surface area contributed by atoms with Gasteiger partial charge in [0, 0.05) is 6.08 Å². The minimum absolute atomic E-state index is 0.165. The SMILES string of the molecule is CC(CO)(NC(=O)/C=C/c1ccccc1)c1ccccc1. The number of carbonyl (C=O) groups excluding carboxylic acids is 1. The molecule has 0 fully saturated rings. The Bertz CT molecular complexity index is 608. The number of aliphatic hydroxyl groups excluding tert-OH is 1. The second-order valence-corrected chi connectivity index (χ2v) is 5.09. The quantitative estimate of drug-likeness (QED) is 0.828. The highest BCUT2D eigenvalue weighted by atomic mass is 16.3. The zero-order chi connectivity index (χ0) is 15.1. The standard InChI is InChI=1S/C18H19NO2/c1-18(14-20,16-10-6-3-7-11-16)19-17(21)13-12-15-8-4-2-5-9-15/h2-13,20H,14H2,1H3,(H,19,21)/b13-12+. The van der Waals surface area contributed by atoms with Crippen LogP contribution in [0.4, 0.5) is 0 Å². The number of nitrogens with one attached hydrogen (secondary N) is 1. The molecule has 2 aromatic carbocycles. The first-order valence-corrected chi connectivity index (χ1v) is 6.86. The molecule has 1 unspecified atom stereocenters. The summed E-state index contributed by atoms with van der Waals surface area (Å²) in [4.78, 5) is 12.1. The van der Waals surface area contributed by atoms with E-state index < -0.39 is 5.54 Å². The van der Waals surface area contributed by atoms with Gasteiger partial charge in [-0.05, 0) is 24.1 Å².